The number of pyridine rings is 1. The van der Waals surface area contributed by atoms with Gasteiger partial charge in [-0.3, -0.25) is 18.9 Å². The summed E-state index contributed by atoms with van der Waals surface area (Å²) in [5, 5.41) is 26.5. The lowest BCUT2D eigenvalue weighted by Crippen LogP contribution is -2.38. The Morgan fingerprint density at radius 2 is 1.96 bits per heavy atom. The minimum absolute atomic E-state index is 0.0421. The molecule has 0 radical (unpaired) electrons. The van der Waals surface area contributed by atoms with Crippen molar-refractivity contribution in [2.45, 2.75) is 12.6 Å². The van der Waals surface area contributed by atoms with Gasteiger partial charge in [0.05, 0.1) is 31.1 Å². The molecule has 0 saturated heterocycles. The summed E-state index contributed by atoms with van der Waals surface area (Å²) in [6, 6.07) is 3.08. The molecule has 0 spiro atoms. The maximum absolute atomic E-state index is 12.0. The van der Waals surface area contributed by atoms with Gasteiger partial charge in [-0.25, -0.2) is 14.6 Å². The van der Waals surface area contributed by atoms with Gasteiger partial charge in [0.1, 0.15) is 0 Å². The highest BCUT2D eigenvalue weighted by Gasteiger charge is 2.15. The fourth-order valence-electron chi connectivity index (χ4n) is 2.31. The Kier molecular flexibility index (Phi) is 6.21. The van der Waals surface area contributed by atoms with Gasteiger partial charge in [-0.2, -0.15) is 0 Å². The Balaban J connectivity index is 0.000000244. The van der Waals surface area contributed by atoms with E-state index < -0.39 is 29.9 Å². The number of fused-ring (bicyclic) bond motifs is 1. The van der Waals surface area contributed by atoms with Crippen LogP contribution in [0, 0.1) is 0 Å². The zero-order valence-electron chi connectivity index (χ0n) is 14.7. The maximum Gasteiger partial charge on any atom is 0.337 e. The van der Waals surface area contributed by atoms with E-state index in [9.17, 15) is 19.5 Å². The topological polar surface area (TPSA) is 152 Å². The highest BCUT2D eigenvalue weighted by molar-refractivity contribution is 5.86. The van der Waals surface area contributed by atoms with Crippen LogP contribution in [-0.2, 0) is 20.6 Å². The van der Waals surface area contributed by atoms with Gasteiger partial charge in [0.15, 0.2) is 11.2 Å². The lowest BCUT2D eigenvalue weighted by molar-refractivity contribution is 0.0696. The predicted octanol–water partition coefficient (Wildman–Crippen LogP) is -1.43. The standard InChI is InChI=1S/C10H14N4O4.C6H5NO2/c1-12-8-7(9(17)13(2)10(12)18)14(5-11-8)3-6(16)4-15;8-6(9)5-2-1-3-7-4-5/h5-6,15-16H,3-4H2,1-2H3;1-4H,(H,8,9). The predicted molar refractivity (Wildman–Crippen MR) is 94.5 cm³/mol. The number of aliphatic hydroxyl groups is 2. The molecule has 0 aliphatic rings. The molecule has 1 atom stereocenters. The Labute approximate surface area is 152 Å². The van der Waals surface area contributed by atoms with Crippen molar-refractivity contribution in [3.8, 4) is 0 Å². The number of aryl methyl sites for hydroxylation is 1. The third-order valence-corrected chi connectivity index (χ3v) is 3.74. The van der Waals surface area contributed by atoms with E-state index in [1.165, 1.54) is 48.0 Å². The molecule has 0 fully saturated rings. The molecule has 0 aliphatic heterocycles. The molecule has 11 heteroatoms. The molecule has 3 N–H and O–H groups in total. The molecule has 0 bridgehead atoms. The van der Waals surface area contributed by atoms with Crippen LogP contribution < -0.4 is 11.2 Å². The average Bonchev–Trinajstić information content (AvgIpc) is 3.09. The van der Waals surface area contributed by atoms with Crippen LogP contribution in [0.15, 0.2) is 40.4 Å². The van der Waals surface area contributed by atoms with Crippen LogP contribution >= 0.6 is 0 Å². The van der Waals surface area contributed by atoms with Gasteiger partial charge in [0.25, 0.3) is 5.56 Å². The molecule has 0 amide bonds. The average molecular weight is 377 g/mol. The van der Waals surface area contributed by atoms with E-state index in [1.54, 1.807) is 6.07 Å². The summed E-state index contributed by atoms with van der Waals surface area (Å²) in [5.74, 6) is -0.942. The van der Waals surface area contributed by atoms with Crippen molar-refractivity contribution in [1.29, 1.82) is 0 Å². The first-order valence-electron chi connectivity index (χ1n) is 7.81. The first-order valence-corrected chi connectivity index (χ1v) is 7.81. The molecule has 3 heterocycles. The van der Waals surface area contributed by atoms with E-state index in [-0.39, 0.29) is 23.3 Å². The fraction of sp³-hybridized carbons (Fsp3) is 0.312. The summed E-state index contributed by atoms with van der Waals surface area (Å²) in [6.45, 7) is -0.369. The Hall–Kier alpha value is -3.31. The Bertz CT molecular complexity index is 1050. The summed E-state index contributed by atoms with van der Waals surface area (Å²) in [7, 11) is 2.90. The number of carbonyl (C=O) groups is 1. The maximum atomic E-state index is 12.0. The number of aromatic carboxylic acids is 1. The lowest BCUT2D eigenvalue weighted by atomic mass is 10.3. The van der Waals surface area contributed by atoms with Crippen molar-refractivity contribution < 1.29 is 20.1 Å². The van der Waals surface area contributed by atoms with Crippen molar-refractivity contribution in [1.82, 2.24) is 23.7 Å². The molecule has 11 nitrogen and oxygen atoms in total. The first kappa shape index (κ1) is 20.0. The van der Waals surface area contributed by atoms with Gasteiger partial charge in [-0.05, 0) is 12.1 Å². The number of nitrogens with zero attached hydrogens (tertiary/aromatic N) is 5. The second-order valence-electron chi connectivity index (χ2n) is 5.66. The van der Waals surface area contributed by atoms with E-state index in [4.69, 9.17) is 10.2 Å². The zero-order valence-corrected chi connectivity index (χ0v) is 14.7. The van der Waals surface area contributed by atoms with Crippen molar-refractivity contribution >= 4 is 17.1 Å². The van der Waals surface area contributed by atoms with Gasteiger partial charge in [-0.15, -0.1) is 0 Å². The minimum Gasteiger partial charge on any atom is -0.478 e. The van der Waals surface area contributed by atoms with E-state index in [0.29, 0.717) is 0 Å². The van der Waals surface area contributed by atoms with Crippen molar-refractivity contribution in [3.05, 3.63) is 57.3 Å². The summed E-state index contributed by atoms with van der Waals surface area (Å²) < 4.78 is 3.67. The molecule has 144 valence electrons. The quantitative estimate of drug-likeness (QED) is 0.500. The van der Waals surface area contributed by atoms with Crippen LogP contribution in [-0.4, -0.2) is 57.7 Å². The molecule has 3 aromatic heterocycles. The second-order valence-corrected chi connectivity index (χ2v) is 5.66. The Morgan fingerprint density at radius 3 is 2.48 bits per heavy atom. The number of aromatic nitrogens is 5. The van der Waals surface area contributed by atoms with Crippen LogP contribution in [0.2, 0.25) is 0 Å². The van der Waals surface area contributed by atoms with E-state index in [0.717, 1.165) is 4.57 Å². The summed E-state index contributed by atoms with van der Waals surface area (Å²) in [6.07, 6.45) is 3.23. The highest BCUT2D eigenvalue weighted by Crippen LogP contribution is 2.06. The largest absolute Gasteiger partial charge is 0.478 e. The van der Waals surface area contributed by atoms with Crippen molar-refractivity contribution in [2.75, 3.05) is 6.61 Å². The number of carboxylic acids is 1. The third-order valence-electron chi connectivity index (χ3n) is 3.74. The summed E-state index contributed by atoms with van der Waals surface area (Å²) >= 11 is 0. The number of carboxylic acid groups (broad SMARTS) is 1. The van der Waals surface area contributed by atoms with Crippen LogP contribution in [0.5, 0.6) is 0 Å². The second kappa shape index (κ2) is 8.38. The first-order chi connectivity index (χ1) is 12.8. The van der Waals surface area contributed by atoms with E-state index in [2.05, 4.69) is 9.97 Å². The molecule has 3 aromatic rings. The molecule has 27 heavy (non-hydrogen) atoms. The van der Waals surface area contributed by atoms with Gasteiger partial charge in [0.2, 0.25) is 0 Å². The van der Waals surface area contributed by atoms with Crippen LogP contribution in [0.25, 0.3) is 11.2 Å². The van der Waals surface area contributed by atoms with Crippen molar-refractivity contribution in [2.24, 2.45) is 14.1 Å². The van der Waals surface area contributed by atoms with Gasteiger partial charge >= 0.3 is 11.7 Å². The third kappa shape index (κ3) is 4.27. The van der Waals surface area contributed by atoms with Gasteiger partial charge < -0.3 is 19.9 Å². The molecule has 0 aliphatic carbocycles. The number of aliphatic hydroxyl groups excluding tert-OH is 2. The molecular formula is C16H19N5O6. The molecular weight excluding hydrogens is 358 g/mol. The molecule has 0 saturated carbocycles. The number of imidazole rings is 1. The molecule has 3 rings (SSSR count). The van der Waals surface area contributed by atoms with E-state index in [1.807, 2.05) is 0 Å². The van der Waals surface area contributed by atoms with Crippen LogP contribution in [0.1, 0.15) is 10.4 Å². The smallest absolute Gasteiger partial charge is 0.337 e. The number of hydrogen-bond acceptors (Lipinski definition) is 7. The highest BCUT2D eigenvalue weighted by atomic mass is 16.4. The van der Waals surface area contributed by atoms with Crippen LogP contribution in [0.3, 0.4) is 0 Å². The van der Waals surface area contributed by atoms with Gasteiger partial charge in [-0.1, -0.05) is 0 Å². The normalized spacial score (nSPS) is 11.7. The number of rotatable bonds is 4. The monoisotopic (exact) mass is 377 g/mol. The molecule has 0 aromatic carbocycles. The lowest BCUT2D eigenvalue weighted by Gasteiger charge is -2.09. The van der Waals surface area contributed by atoms with Gasteiger partial charge in [0, 0.05) is 26.5 Å². The summed E-state index contributed by atoms with van der Waals surface area (Å²) in [4.78, 5) is 41.5. The fourth-order valence-corrected chi connectivity index (χ4v) is 2.31. The van der Waals surface area contributed by atoms with E-state index >= 15 is 0 Å². The zero-order chi connectivity index (χ0) is 20.1. The summed E-state index contributed by atoms with van der Waals surface area (Å²) in [5.41, 5.74) is -0.228. The molecule has 1 unspecified atom stereocenters. The SMILES string of the molecule is Cn1c(=O)c2c(ncn2CC(O)CO)n(C)c1=O.O=C(O)c1cccnc1. The van der Waals surface area contributed by atoms with Crippen LogP contribution in [0.4, 0.5) is 0 Å². The van der Waals surface area contributed by atoms with Crippen molar-refractivity contribution in [3.63, 3.8) is 0 Å². The Morgan fingerprint density at radius 1 is 1.26 bits per heavy atom. The number of hydrogen-bond donors (Lipinski definition) is 3. The minimum atomic E-state index is -0.982.